The van der Waals surface area contributed by atoms with E-state index < -0.39 is 0 Å². The van der Waals surface area contributed by atoms with E-state index in [1.807, 2.05) is 11.9 Å². The van der Waals surface area contributed by atoms with E-state index in [1.54, 1.807) is 0 Å². The van der Waals surface area contributed by atoms with Crippen molar-refractivity contribution in [2.75, 3.05) is 44.7 Å². The van der Waals surface area contributed by atoms with Crippen molar-refractivity contribution in [1.82, 2.24) is 4.90 Å². The fourth-order valence-electron chi connectivity index (χ4n) is 3.91. The minimum atomic E-state index is 0.231. The maximum Gasteiger partial charge on any atom is 0.277 e. The van der Waals surface area contributed by atoms with Crippen molar-refractivity contribution >= 4 is 11.6 Å². The Balaban J connectivity index is 1.49. The van der Waals surface area contributed by atoms with Crippen molar-refractivity contribution < 1.29 is 9.69 Å². The average molecular weight is 381 g/mol. The zero-order valence-electron chi connectivity index (χ0n) is 17.8. The second-order valence-corrected chi connectivity index (χ2v) is 8.05. The molecule has 1 amide bonds. The second-order valence-electron chi connectivity index (χ2n) is 8.05. The van der Waals surface area contributed by atoms with E-state index >= 15 is 0 Å². The standard InChI is InChI=1S/C24H33N3O/c1-5-21-9-11-22(12-10-21)17-25(4)24(28)18-26-13-15-27(16-14-26)23-8-6-7-19(2)20(23)3/h6-12H,5,13-18H2,1-4H3/p+1. The number of nitrogens with zero attached hydrogens (tertiary/aromatic N) is 2. The van der Waals surface area contributed by atoms with Crippen LogP contribution in [0.5, 0.6) is 0 Å². The number of carbonyl (C=O) groups excluding carboxylic acids is 1. The van der Waals surface area contributed by atoms with Crippen molar-refractivity contribution in [1.29, 1.82) is 0 Å². The van der Waals surface area contributed by atoms with Gasteiger partial charge < -0.3 is 14.7 Å². The summed E-state index contributed by atoms with van der Waals surface area (Å²) in [4.78, 5) is 18.4. The average Bonchev–Trinajstić information content (AvgIpc) is 2.71. The van der Waals surface area contributed by atoms with Gasteiger partial charge in [-0.3, -0.25) is 4.79 Å². The summed E-state index contributed by atoms with van der Waals surface area (Å²) in [5.41, 5.74) is 6.59. The SMILES string of the molecule is CCc1ccc(CN(C)C(=O)C[NH+]2CCN(c3cccc(C)c3C)CC2)cc1. The van der Waals surface area contributed by atoms with E-state index in [2.05, 4.69) is 68.1 Å². The molecule has 3 rings (SSSR count). The first-order valence-electron chi connectivity index (χ1n) is 10.4. The Morgan fingerprint density at radius 2 is 1.68 bits per heavy atom. The number of rotatable bonds is 6. The number of piperazine rings is 1. The monoisotopic (exact) mass is 380 g/mol. The molecule has 0 saturated carbocycles. The van der Waals surface area contributed by atoms with Crippen LogP contribution in [0.2, 0.25) is 0 Å². The highest BCUT2D eigenvalue weighted by molar-refractivity contribution is 5.76. The molecule has 1 aliphatic rings. The summed E-state index contributed by atoms with van der Waals surface area (Å²) in [6, 6.07) is 15.1. The molecule has 150 valence electrons. The van der Waals surface area contributed by atoms with Crippen LogP contribution < -0.4 is 9.80 Å². The van der Waals surface area contributed by atoms with Crippen molar-refractivity contribution in [3.05, 3.63) is 64.7 Å². The van der Waals surface area contributed by atoms with Gasteiger partial charge in [0.2, 0.25) is 0 Å². The molecule has 0 spiro atoms. The molecule has 0 aromatic heterocycles. The summed E-state index contributed by atoms with van der Waals surface area (Å²) in [5.74, 6) is 0.231. The van der Waals surface area contributed by atoms with E-state index in [-0.39, 0.29) is 5.91 Å². The summed E-state index contributed by atoms with van der Waals surface area (Å²) in [5, 5.41) is 0. The molecular formula is C24H34N3O+. The van der Waals surface area contributed by atoms with Crippen molar-refractivity contribution in [2.24, 2.45) is 0 Å². The first-order chi connectivity index (χ1) is 13.5. The number of anilines is 1. The lowest BCUT2D eigenvalue weighted by Gasteiger charge is -2.35. The van der Waals surface area contributed by atoms with E-state index in [0.29, 0.717) is 13.1 Å². The second kappa shape index (κ2) is 9.24. The maximum absolute atomic E-state index is 12.7. The number of benzene rings is 2. The fraction of sp³-hybridized carbons (Fsp3) is 0.458. The van der Waals surface area contributed by atoms with Gasteiger partial charge in [-0.25, -0.2) is 0 Å². The molecule has 1 heterocycles. The summed E-state index contributed by atoms with van der Waals surface area (Å²) in [6.45, 7) is 11.9. The Hall–Kier alpha value is -2.33. The van der Waals surface area contributed by atoms with Crippen molar-refractivity contribution in [2.45, 2.75) is 33.7 Å². The molecule has 1 aliphatic heterocycles. The van der Waals surface area contributed by atoms with Crippen LogP contribution in [-0.2, 0) is 17.8 Å². The van der Waals surface area contributed by atoms with E-state index in [4.69, 9.17) is 0 Å². The van der Waals surface area contributed by atoms with Gasteiger partial charge in [-0.1, -0.05) is 43.3 Å². The number of carbonyl (C=O) groups is 1. The Morgan fingerprint density at radius 1 is 1.04 bits per heavy atom. The van der Waals surface area contributed by atoms with E-state index in [9.17, 15) is 4.79 Å². The van der Waals surface area contributed by atoms with Gasteiger partial charge in [0.15, 0.2) is 6.54 Å². The largest absolute Gasteiger partial charge is 0.360 e. The van der Waals surface area contributed by atoms with Crippen LogP contribution in [0, 0.1) is 13.8 Å². The van der Waals surface area contributed by atoms with Crippen LogP contribution in [0.4, 0.5) is 5.69 Å². The van der Waals surface area contributed by atoms with Crippen LogP contribution in [0.25, 0.3) is 0 Å². The minimum Gasteiger partial charge on any atom is -0.360 e. The Labute approximate surface area is 169 Å². The number of aryl methyl sites for hydroxylation is 2. The minimum absolute atomic E-state index is 0.231. The molecule has 0 unspecified atom stereocenters. The smallest absolute Gasteiger partial charge is 0.277 e. The van der Waals surface area contributed by atoms with Crippen molar-refractivity contribution in [3.63, 3.8) is 0 Å². The first-order valence-corrected chi connectivity index (χ1v) is 10.4. The molecule has 0 atom stereocenters. The van der Waals surface area contributed by atoms with Crippen LogP contribution >= 0.6 is 0 Å². The summed E-state index contributed by atoms with van der Waals surface area (Å²) in [7, 11) is 1.92. The summed E-state index contributed by atoms with van der Waals surface area (Å²) < 4.78 is 0. The Kier molecular flexibility index (Phi) is 6.74. The van der Waals surface area contributed by atoms with Gasteiger partial charge in [-0.15, -0.1) is 0 Å². The predicted octanol–water partition coefficient (Wildman–Crippen LogP) is 2.23. The Morgan fingerprint density at radius 3 is 2.32 bits per heavy atom. The molecule has 2 aromatic carbocycles. The van der Waals surface area contributed by atoms with Gasteiger partial charge in [0, 0.05) is 19.3 Å². The van der Waals surface area contributed by atoms with Crippen LogP contribution in [0.1, 0.15) is 29.2 Å². The maximum atomic E-state index is 12.7. The van der Waals surface area contributed by atoms with Crippen LogP contribution in [0.15, 0.2) is 42.5 Å². The summed E-state index contributed by atoms with van der Waals surface area (Å²) >= 11 is 0. The lowest BCUT2D eigenvalue weighted by molar-refractivity contribution is -0.892. The lowest BCUT2D eigenvalue weighted by atomic mass is 10.1. The molecule has 4 heteroatoms. The van der Waals surface area contributed by atoms with Gasteiger partial charge in [0.25, 0.3) is 5.91 Å². The zero-order valence-corrected chi connectivity index (χ0v) is 17.8. The number of hydrogen-bond donors (Lipinski definition) is 1. The van der Waals surface area contributed by atoms with E-state index in [1.165, 1.54) is 32.8 Å². The number of quaternary nitrogens is 1. The molecule has 0 bridgehead atoms. The third-order valence-electron chi connectivity index (χ3n) is 6.07. The van der Waals surface area contributed by atoms with Gasteiger partial charge in [0.1, 0.15) is 0 Å². The van der Waals surface area contributed by atoms with Crippen LogP contribution in [0.3, 0.4) is 0 Å². The van der Waals surface area contributed by atoms with Crippen LogP contribution in [-0.4, -0.2) is 50.6 Å². The number of hydrogen-bond acceptors (Lipinski definition) is 2. The number of likely N-dealkylation sites (N-methyl/N-ethyl adjacent to an activating group) is 1. The molecule has 4 nitrogen and oxygen atoms in total. The lowest BCUT2D eigenvalue weighted by Crippen LogP contribution is -3.15. The van der Waals surface area contributed by atoms with Crippen molar-refractivity contribution in [3.8, 4) is 0 Å². The third-order valence-corrected chi connectivity index (χ3v) is 6.07. The molecule has 1 fully saturated rings. The first kappa shape index (κ1) is 20.4. The third kappa shape index (κ3) is 4.93. The molecular weight excluding hydrogens is 346 g/mol. The molecule has 1 N–H and O–H groups in total. The molecule has 28 heavy (non-hydrogen) atoms. The fourth-order valence-corrected chi connectivity index (χ4v) is 3.91. The molecule has 1 saturated heterocycles. The topological polar surface area (TPSA) is 28.0 Å². The van der Waals surface area contributed by atoms with E-state index in [0.717, 1.165) is 32.6 Å². The number of amides is 1. The molecule has 0 radical (unpaired) electrons. The highest BCUT2D eigenvalue weighted by atomic mass is 16.2. The van der Waals surface area contributed by atoms with Gasteiger partial charge in [0.05, 0.1) is 26.2 Å². The zero-order chi connectivity index (χ0) is 20.1. The Bertz CT molecular complexity index is 792. The number of nitrogens with one attached hydrogen (secondary N) is 1. The highest BCUT2D eigenvalue weighted by Gasteiger charge is 2.24. The van der Waals surface area contributed by atoms with Gasteiger partial charge in [-0.2, -0.15) is 0 Å². The van der Waals surface area contributed by atoms with Gasteiger partial charge >= 0.3 is 0 Å². The quantitative estimate of drug-likeness (QED) is 0.832. The predicted molar refractivity (Wildman–Crippen MR) is 116 cm³/mol. The normalized spacial score (nSPS) is 14.9. The van der Waals surface area contributed by atoms with Gasteiger partial charge in [-0.05, 0) is 48.6 Å². The highest BCUT2D eigenvalue weighted by Crippen LogP contribution is 2.22. The molecule has 2 aromatic rings. The summed E-state index contributed by atoms with van der Waals surface area (Å²) in [6.07, 6.45) is 1.05. The molecule has 0 aliphatic carbocycles.